The maximum absolute atomic E-state index is 13.6. The summed E-state index contributed by atoms with van der Waals surface area (Å²) >= 11 is 7.38. The fraction of sp³-hybridized carbons (Fsp3) is 0.0800. The average Bonchev–Trinajstić information content (AvgIpc) is 3.22. The molecule has 0 saturated heterocycles. The van der Waals surface area contributed by atoms with Crippen molar-refractivity contribution in [3.8, 4) is 11.4 Å². The summed E-state index contributed by atoms with van der Waals surface area (Å²) in [4.78, 5) is 34.2. The summed E-state index contributed by atoms with van der Waals surface area (Å²) in [5.41, 5.74) is 2.70. The minimum atomic E-state index is -0.265. The van der Waals surface area contributed by atoms with Crippen LogP contribution in [0.15, 0.2) is 82.7 Å². The molecule has 0 atom stereocenters. The summed E-state index contributed by atoms with van der Waals surface area (Å²) in [6, 6.07) is 21.7. The fourth-order valence-electron chi connectivity index (χ4n) is 3.71. The number of anilines is 1. The molecule has 0 spiro atoms. The van der Waals surface area contributed by atoms with Crippen LogP contribution in [0.3, 0.4) is 0 Å². The minimum absolute atomic E-state index is 0.0536. The van der Waals surface area contributed by atoms with Gasteiger partial charge in [0.25, 0.3) is 5.56 Å². The van der Waals surface area contributed by atoms with E-state index in [0.717, 1.165) is 10.9 Å². The van der Waals surface area contributed by atoms with Crippen molar-refractivity contribution in [2.24, 2.45) is 0 Å². The number of hydrogen-bond acceptors (Lipinski definition) is 5. The standard InChI is InChI=1S/C25H19ClN4O3S/c1-33-18-9-5-7-16(13-18)27-21(31)14-34-25-29-22-19-10-2-3-11-20(19)28-23(22)24(32)30(25)17-8-4-6-15(26)12-17/h2-13,28H,14H2,1H3,(H,27,31). The number of rotatable bonds is 6. The molecule has 3 aromatic carbocycles. The second kappa shape index (κ2) is 9.24. The normalized spacial score (nSPS) is 11.1. The van der Waals surface area contributed by atoms with E-state index in [9.17, 15) is 9.59 Å². The second-order valence-corrected chi connectivity index (χ2v) is 8.86. The molecule has 0 fully saturated rings. The summed E-state index contributed by atoms with van der Waals surface area (Å²) in [6.45, 7) is 0. The van der Waals surface area contributed by atoms with Crippen molar-refractivity contribution < 1.29 is 9.53 Å². The molecule has 2 aromatic heterocycles. The summed E-state index contributed by atoms with van der Waals surface area (Å²) in [5, 5.41) is 4.58. The van der Waals surface area contributed by atoms with E-state index in [1.807, 2.05) is 24.3 Å². The molecule has 0 saturated carbocycles. The highest BCUT2D eigenvalue weighted by Gasteiger charge is 2.18. The topological polar surface area (TPSA) is 89.0 Å². The van der Waals surface area contributed by atoms with Crippen LogP contribution in [0.1, 0.15) is 0 Å². The van der Waals surface area contributed by atoms with Gasteiger partial charge in [-0.15, -0.1) is 0 Å². The van der Waals surface area contributed by atoms with Crippen LogP contribution >= 0.6 is 23.4 Å². The van der Waals surface area contributed by atoms with Gasteiger partial charge in [-0.1, -0.05) is 53.7 Å². The number of methoxy groups -OCH3 is 1. The Hall–Kier alpha value is -3.75. The fourth-order valence-corrected chi connectivity index (χ4v) is 4.70. The molecule has 170 valence electrons. The molecule has 34 heavy (non-hydrogen) atoms. The predicted molar refractivity (Wildman–Crippen MR) is 137 cm³/mol. The van der Waals surface area contributed by atoms with E-state index in [-0.39, 0.29) is 17.2 Å². The van der Waals surface area contributed by atoms with Crippen molar-refractivity contribution in [1.82, 2.24) is 14.5 Å². The molecule has 2 heterocycles. The lowest BCUT2D eigenvalue weighted by Gasteiger charge is -2.12. The lowest BCUT2D eigenvalue weighted by Crippen LogP contribution is -2.23. The SMILES string of the molecule is COc1cccc(NC(=O)CSc2nc3c([nH]c4ccccc43)c(=O)n2-c2cccc(Cl)c2)c1. The number of carbonyl (C=O) groups excluding carboxylic acids is 1. The Labute approximate surface area is 203 Å². The Kier molecular flexibility index (Phi) is 6.00. The Morgan fingerprint density at radius 2 is 1.94 bits per heavy atom. The van der Waals surface area contributed by atoms with Crippen LogP contribution < -0.4 is 15.6 Å². The van der Waals surface area contributed by atoms with E-state index in [1.165, 1.54) is 16.3 Å². The van der Waals surface area contributed by atoms with Gasteiger partial charge in [0, 0.05) is 27.7 Å². The first-order valence-corrected chi connectivity index (χ1v) is 11.8. The first-order chi connectivity index (χ1) is 16.5. The van der Waals surface area contributed by atoms with Crippen molar-refractivity contribution in [3.05, 3.63) is 88.2 Å². The van der Waals surface area contributed by atoms with Crippen LogP contribution in [0.4, 0.5) is 5.69 Å². The number of carbonyl (C=O) groups is 1. The van der Waals surface area contributed by atoms with Gasteiger partial charge in [0.05, 0.1) is 18.6 Å². The maximum Gasteiger partial charge on any atom is 0.283 e. The quantitative estimate of drug-likeness (QED) is 0.250. The van der Waals surface area contributed by atoms with Crippen LogP contribution in [0.25, 0.3) is 27.6 Å². The Bertz CT molecular complexity index is 1590. The van der Waals surface area contributed by atoms with Crippen LogP contribution in [-0.4, -0.2) is 33.3 Å². The third kappa shape index (κ3) is 4.25. The molecule has 2 N–H and O–H groups in total. The van der Waals surface area contributed by atoms with Gasteiger partial charge < -0.3 is 15.0 Å². The number of nitrogens with one attached hydrogen (secondary N) is 2. The van der Waals surface area contributed by atoms with Crippen molar-refractivity contribution in [1.29, 1.82) is 0 Å². The Balaban J connectivity index is 1.54. The molecule has 0 aliphatic heterocycles. The average molecular weight is 491 g/mol. The molecule has 0 aliphatic carbocycles. The lowest BCUT2D eigenvalue weighted by molar-refractivity contribution is -0.113. The summed E-state index contributed by atoms with van der Waals surface area (Å²) < 4.78 is 6.68. The smallest absolute Gasteiger partial charge is 0.283 e. The van der Waals surface area contributed by atoms with Crippen LogP contribution in [0, 0.1) is 0 Å². The molecule has 0 unspecified atom stereocenters. The zero-order chi connectivity index (χ0) is 23.7. The first kappa shape index (κ1) is 22.1. The number of thioether (sulfide) groups is 1. The Morgan fingerprint density at radius 3 is 2.76 bits per heavy atom. The third-order valence-corrected chi connectivity index (χ3v) is 6.42. The van der Waals surface area contributed by atoms with E-state index < -0.39 is 0 Å². The molecular weight excluding hydrogens is 472 g/mol. The van der Waals surface area contributed by atoms with Crippen LogP contribution in [0.2, 0.25) is 5.02 Å². The molecule has 0 bridgehead atoms. The number of fused-ring (bicyclic) bond motifs is 3. The second-order valence-electron chi connectivity index (χ2n) is 7.48. The number of nitrogens with zero attached hydrogens (tertiary/aromatic N) is 2. The molecule has 5 aromatic rings. The summed E-state index contributed by atoms with van der Waals surface area (Å²) in [7, 11) is 1.57. The predicted octanol–water partition coefficient (Wildman–Crippen LogP) is 5.26. The van der Waals surface area contributed by atoms with Crippen LogP contribution in [0.5, 0.6) is 5.75 Å². The number of benzene rings is 3. The zero-order valence-electron chi connectivity index (χ0n) is 18.0. The number of aromatic nitrogens is 3. The molecule has 0 radical (unpaired) electrons. The van der Waals surface area contributed by atoms with E-state index in [4.69, 9.17) is 21.3 Å². The van der Waals surface area contributed by atoms with E-state index >= 15 is 0 Å². The zero-order valence-corrected chi connectivity index (χ0v) is 19.6. The highest BCUT2D eigenvalue weighted by Crippen LogP contribution is 2.27. The summed E-state index contributed by atoms with van der Waals surface area (Å²) in [5.74, 6) is 0.466. The number of H-pyrrole nitrogens is 1. The minimum Gasteiger partial charge on any atom is -0.497 e. The van der Waals surface area contributed by atoms with Crippen molar-refractivity contribution in [2.75, 3.05) is 18.2 Å². The molecule has 7 nitrogen and oxygen atoms in total. The van der Waals surface area contributed by atoms with Gasteiger partial charge in [0.1, 0.15) is 16.8 Å². The maximum atomic E-state index is 13.6. The van der Waals surface area contributed by atoms with Crippen molar-refractivity contribution >= 4 is 56.9 Å². The van der Waals surface area contributed by atoms with E-state index in [0.29, 0.717) is 38.3 Å². The number of para-hydroxylation sites is 1. The Morgan fingerprint density at radius 1 is 1.12 bits per heavy atom. The van der Waals surface area contributed by atoms with Gasteiger partial charge >= 0.3 is 0 Å². The lowest BCUT2D eigenvalue weighted by atomic mass is 10.2. The van der Waals surface area contributed by atoms with E-state index in [2.05, 4.69) is 10.3 Å². The highest BCUT2D eigenvalue weighted by atomic mass is 35.5. The van der Waals surface area contributed by atoms with Gasteiger partial charge in [0.15, 0.2) is 5.16 Å². The van der Waals surface area contributed by atoms with Crippen molar-refractivity contribution in [3.63, 3.8) is 0 Å². The first-order valence-electron chi connectivity index (χ1n) is 10.4. The molecule has 9 heteroatoms. The van der Waals surface area contributed by atoms with Gasteiger partial charge in [-0.25, -0.2) is 4.98 Å². The molecule has 0 aliphatic rings. The number of aromatic amines is 1. The number of amides is 1. The monoisotopic (exact) mass is 490 g/mol. The molecule has 5 rings (SSSR count). The molecule has 1 amide bonds. The van der Waals surface area contributed by atoms with Crippen LogP contribution in [-0.2, 0) is 4.79 Å². The molecular formula is C25H19ClN4O3S. The van der Waals surface area contributed by atoms with Gasteiger partial charge in [-0.05, 0) is 36.4 Å². The van der Waals surface area contributed by atoms with Gasteiger partial charge in [0.2, 0.25) is 5.91 Å². The number of ether oxygens (including phenoxy) is 1. The number of halogens is 1. The van der Waals surface area contributed by atoms with Crippen molar-refractivity contribution in [2.45, 2.75) is 5.16 Å². The highest BCUT2D eigenvalue weighted by molar-refractivity contribution is 7.99. The largest absolute Gasteiger partial charge is 0.497 e. The number of hydrogen-bond donors (Lipinski definition) is 2. The van der Waals surface area contributed by atoms with Gasteiger partial charge in [-0.3, -0.25) is 14.2 Å². The third-order valence-electron chi connectivity index (χ3n) is 5.25. The summed E-state index contributed by atoms with van der Waals surface area (Å²) in [6.07, 6.45) is 0. The van der Waals surface area contributed by atoms with Gasteiger partial charge in [-0.2, -0.15) is 0 Å². The van der Waals surface area contributed by atoms with E-state index in [1.54, 1.807) is 55.6 Å².